The van der Waals surface area contributed by atoms with Crippen molar-refractivity contribution in [1.29, 1.82) is 0 Å². The molecule has 1 N–H and O–H groups in total. The molecular weight excluding hydrogens is 210 g/mol. The van der Waals surface area contributed by atoms with Crippen LogP contribution in [-0.2, 0) is 0 Å². The summed E-state index contributed by atoms with van der Waals surface area (Å²) in [7, 11) is 0. The number of allylic oxidation sites excluding steroid dienone is 1. The highest BCUT2D eigenvalue weighted by Crippen LogP contribution is 2.28. The molecule has 1 unspecified atom stereocenters. The fourth-order valence-electron chi connectivity index (χ4n) is 2.31. The summed E-state index contributed by atoms with van der Waals surface area (Å²) in [4.78, 5) is 8.39. The molecule has 92 valence electrons. The Bertz CT molecular complexity index is 359. The maximum absolute atomic E-state index is 4.39. The Balaban J connectivity index is 2.15. The van der Waals surface area contributed by atoms with Crippen LogP contribution in [-0.4, -0.2) is 16.5 Å². The first-order valence-electron chi connectivity index (χ1n) is 6.60. The molecule has 0 saturated carbocycles. The Hall–Kier alpha value is -1.22. The molecule has 1 aromatic rings. The van der Waals surface area contributed by atoms with Crippen LogP contribution in [0.15, 0.2) is 30.2 Å². The molecule has 2 rings (SSSR count). The van der Waals surface area contributed by atoms with Gasteiger partial charge in [0, 0.05) is 6.20 Å². The summed E-state index contributed by atoms with van der Waals surface area (Å²) >= 11 is 0. The van der Waals surface area contributed by atoms with Crippen molar-refractivity contribution in [2.75, 3.05) is 6.54 Å². The van der Waals surface area contributed by atoms with E-state index in [1.165, 1.54) is 31.3 Å². The van der Waals surface area contributed by atoms with Crippen LogP contribution < -0.4 is 5.32 Å². The first-order chi connectivity index (χ1) is 8.42. The highest BCUT2D eigenvalue weighted by Gasteiger charge is 2.18. The van der Waals surface area contributed by atoms with E-state index in [4.69, 9.17) is 0 Å². The average Bonchev–Trinajstić information content (AvgIpc) is 2.42. The summed E-state index contributed by atoms with van der Waals surface area (Å²) in [5.74, 6) is 0. The van der Waals surface area contributed by atoms with E-state index in [0.717, 1.165) is 18.7 Å². The van der Waals surface area contributed by atoms with E-state index in [-0.39, 0.29) is 0 Å². The number of hydrogen-bond donors (Lipinski definition) is 1. The second-order valence-electron chi connectivity index (χ2n) is 4.55. The minimum atomic E-state index is 0.290. The fraction of sp³-hybridized carbons (Fsp3) is 0.571. The van der Waals surface area contributed by atoms with Crippen LogP contribution in [0.1, 0.15) is 50.8 Å². The number of nitrogens with one attached hydrogen (secondary N) is 1. The zero-order valence-corrected chi connectivity index (χ0v) is 10.5. The highest BCUT2D eigenvalue weighted by molar-refractivity contribution is 5.22. The fourth-order valence-corrected chi connectivity index (χ4v) is 2.31. The van der Waals surface area contributed by atoms with Gasteiger partial charge in [0.25, 0.3) is 0 Å². The molecule has 0 bridgehead atoms. The van der Waals surface area contributed by atoms with Crippen molar-refractivity contribution in [2.24, 2.45) is 0 Å². The molecule has 0 saturated heterocycles. The van der Waals surface area contributed by atoms with E-state index in [9.17, 15) is 0 Å². The second kappa shape index (κ2) is 6.50. The van der Waals surface area contributed by atoms with Crippen LogP contribution in [0.25, 0.3) is 0 Å². The topological polar surface area (TPSA) is 37.8 Å². The van der Waals surface area contributed by atoms with Crippen molar-refractivity contribution in [3.63, 3.8) is 0 Å². The number of aromatic nitrogens is 2. The summed E-state index contributed by atoms with van der Waals surface area (Å²) in [6, 6.07) is 2.31. The summed E-state index contributed by atoms with van der Waals surface area (Å²) in [5.41, 5.74) is 2.60. The molecule has 0 spiro atoms. The maximum Gasteiger partial charge on any atom is 0.115 e. The predicted molar refractivity (Wildman–Crippen MR) is 69.6 cm³/mol. The molecule has 1 aliphatic rings. The Labute approximate surface area is 103 Å². The maximum atomic E-state index is 4.39. The Kier molecular flexibility index (Phi) is 4.68. The lowest BCUT2D eigenvalue weighted by Crippen LogP contribution is -2.25. The summed E-state index contributed by atoms with van der Waals surface area (Å²) in [5, 5.41) is 3.60. The van der Waals surface area contributed by atoms with Crippen LogP contribution in [0.5, 0.6) is 0 Å². The molecule has 3 nitrogen and oxygen atoms in total. The smallest absolute Gasteiger partial charge is 0.115 e. The van der Waals surface area contributed by atoms with Gasteiger partial charge in [-0.3, -0.25) is 0 Å². The van der Waals surface area contributed by atoms with Gasteiger partial charge in [-0.05, 0) is 44.7 Å². The second-order valence-corrected chi connectivity index (χ2v) is 4.55. The van der Waals surface area contributed by atoms with E-state index in [1.807, 2.05) is 12.3 Å². The molecule has 0 fully saturated rings. The Morgan fingerprint density at radius 2 is 2.35 bits per heavy atom. The molecule has 1 heterocycles. The van der Waals surface area contributed by atoms with Crippen molar-refractivity contribution in [3.05, 3.63) is 35.9 Å². The Morgan fingerprint density at radius 3 is 3.00 bits per heavy atom. The van der Waals surface area contributed by atoms with Gasteiger partial charge < -0.3 is 5.32 Å². The van der Waals surface area contributed by atoms with Gasteiger partial charge in [-0.2, -0.15) is 0 Å². The SMILES string of the molecule is CCCNC(C1=CCCCC1)c1ccncn1. The summed E-state index contributed by atoms with van der Waals surface area (Å²) in [6.45, 7) is 3.23. The number of nitrogens with zero attached hydrogens (tertiary/aromatic N) is 2. The first kappa shape index (κ1) is 12.2. The van der Waals surface area contributed by atoms with E-state index >= 15 is 0 Å². The van der Waals surface area contributed by atoms with E-state index in [1.54, 1.807) is 6.33 Å². The molecule has 0 radical (unpaired) electrons. The lowest BCUT2D eigenvalue weighted by molar-refractivity contribution is 0.536. The van der Waals surface area contributed by atoms with Crippen molar-refractivity contribution in [3.8, 4) is 0 Å². The van der Waals surface area contributed by atoms with E-state index in [2.05, 4.69) is 28.3 Å². The number of rotatable bonds is 5. The van der Waals surface area contributed by atoms with Crippen LogP contribution >= 0.6 is 0 Å². The van der Waals surface area contributed by atoms with Gasteiger partial charge in [-0.25, -0.2) is 9.97 Å². The third kappa shape index (κ3) is 3.37. The normalized spacial score (nSPS) is 17.6. The third-order valence-electron chi connectivity index (χ3n) is 3.20. The van der Waals surface area contributed by atoms with Gasteiger partial charge in [-0.1, -0.05) is 18.6 Å². The molecule has 3 heteroatoms. The third-order valence-corrected chi connectivity index (χ3v) is 3.20. The van der Waals surface area contributed by atoms with Gasteiger partial charge >= 0.3 is 0 Å². The lowest BCUT2D eigenvalue weighted by Gasteiger charge is -2.23. The Morgan fingerprint density at radius 1 is 1.41 bits per heavy atom. The van der Waals surface area contributed by atoms with Crippen LogP contribution in [0.4, 0.5) is 0 Å². The van der Waals surface area contributed by atoms with Gasteiger partial charge in [0.2, 0.25) is 0 Å². The van der Waals surface area contributed by atoms with Crippen molar-refractivity contribution in [2.45, 2.75) is 45.1 Å². The van der Waals surface area contributed by atoms with Crippen LogP contribution in [0.3, 0.4) is 0 Å². The molecular formula is C14H21N3. The van der Waals surface area contributed by atoms with Crippen molar-refractivity contribution in [1.82, 2.24) is 15.3 Å². The molecule has 1 aromatic heterocycles. The average molecular weight is 231 g/mol. The van der Waals surface area contributed by atoms with Crippen molar-refractivity contribution < 1.29 is 0 Å². The zero-order valence-electron chi connectivity index (χ0n) is 10.5. The molecule has 17 heavy (non-hydrogen) atoms. The van der Waals surface area contributed by atoms with Crippen LogP contribution in [0.2, 0.25) is 0 Å². The van der Waals surface area contributed by atoms with Gasteiger partial charge in [-0.15, -0.1) is 0 Å². The first-order valence-corrected chi connectivity index (χ1v) is 6.60. The minimum absolute atomic E-state index is 0.290. The lowest BCUT2D eigenvalue weighted by atomic mass is 9.92. The zero-order chi connectivity index (χ0) is 11.9. The largest absolute Gasteiger partial charge is 0.305 e. The van der Waals surface area contributed by atoms with Crippen molar-refractivity contribution >= 4 is 0 Å². The van der Waals surface area contributed by atoms with E-state index < -0.39 is 0 Å². The van der Waals surface area contributed by atoms with Gasteiger partial charge in [0.15, 0.2) is 0 Å². The molecule has 1 atom stereocenters. The molecule has 0 amide bonds. The number of hydrogen-bond acceptors (Lipinski definition) is 3. The van der Waals surface area contributed by atoms with E-state index in [0.29, 0.717) is 6.04 Å². The summed E-state index contributed by atoms with van der Waals surface area (Å²) < 4.78 is 0. The highest BCUT2D eigenvalue weighted by atomic mass is 15.0. The standard InChI is InChI=1S/C14H21N3/c1-2-9-16-14(12-6-4-3-5-7-12)13-8-10-15-11-17-13/h6,8,10-11,14,16H,2-5,7,9H2,1H3. The van der Waals surface area contributed by atoms with Crippen LogP contribution in [0, 0.1) is 0 Å². The molecule has 0 aromatic carbocycles. The quantitative estimate of drug-likeness (QED) is 0.792. The van der Waals surface area contributed by atoms with Gasteiger partial charge in [0.1, 0.15) is 6.33 Å². The summed E-state index contributed by atoms with van der Waals surface area (Å²) in [6.07, 6.45) is 12.0. The monoisotopic (exact) mass is 231 g/mol. The van der Waals surface area contributed by atoms with Gasteiger partial charge in [0.05, 0.1) is 11.7 Å². The molecule has 1 aliphatic carbocycles. The molecule has 0 aliphatic heterocycles. The predicted octanol–water partition coefficient (Wildman–Crippen LogP) is 3.02. The minimum Gasteiger partial charge on any atom is -0.305 e.